The lowest BCUT2D eigenvalue weighted by Gasteiger charge is -1.96. The fraction of sp³-hybridized carbons (Fsp3) is 0.800. The number of unbranched alkanes of at least 4 members (excludes halogenated alkanes) is 1. The molecule has 0 unspecified atom stereocenters. The van der Waals surface area contributed by atoms with Gasteiger partial charge in [0.1, 0.15) is 0 Å². The van der Waals surface area contributed by atoms with Crippen LogP contribution in [0.15, 0.2) is 0 Å². The van der Waals surface area contributed by atoms with Crippen LogP contribution in [0.2, 0.25) is 0 Å². The van der Waals surface area contributed by atoms with E-state index in [1.807, 2.05) is 6.92 Å². The van der Waals surface area contributed by atoms with Crippen LogP contribution >= 0.6 is 0 Å². The lowest BCUT2D eigenvalue weighted by Crippen LogP contribution is -2.21. The predicted molar refractivity (Wildman–Crippen MR) is 37.4 cm³/mol. The summed E-state index contributed by atoms with van der Waals surface area (Å²) in [6.45, 7) is 1.89. The van der Waals surface area contributed by atoms with Crippen LogP contribution in [0.3, 0.4) is 0 Å². The highest BCUT2D eigenvalue weighted by Crippen LogP contribution is 1.91. The lowest BCUT2D eigenvalue weighted by molar-refractivity contribution is 0.588. The fourth-order valence-electron chi connectivity index (χ4n) is 0.455. The monoisotopic (exact) mass is 162 g/mol. The SMILES string of the molecule is CCCCS(=O)(=O)NC#N. The van der Waals surface area contributed by atoms with Crippen molar-refractivity contribution in [3.05, 3.63) is 0 Å². The number of sulfonamides is 1. The molecule has 0 amide bonds. The Balaban J connectivity index is 3.80. The number of hydrogen-bond acceptors (Lipinski definition) is 3. The summed E-state index contributed by atoms with van der Waals surface area (Å²) in [5.41, 5.74) is 0. The predicted octanol–water partition coefficient (Wildman–Crippen LogP) is 0.187. The standard InChI is InChI=1S/C5H10N2O2S/c1-2-3-4-10(8,9)7-5-6/h7H,2-4H2,1H3. The van der Waals surface area contributed by atoms with Gasteiger partial charge in [0.05, 0.1) is 5.75 Å². The van der Waals surface area contributed by atoms with Gasteiger partial charge in [-0.25, -0.2) is 13.1 Å². The van der Waals surface area contributed by atoms with Gasteiger partial charge in [-0.05, 0) is 6.42 Å². The molecule has 10 heavy (non-hydrogen) atoms. The van der Waals surface area contributed by atoms with Crippen molar-refractivity contribution < 1.29 is 8.42 Å². The van der Waals surface area contributed by atoms with Gasteiger partial charge in [0, 0.05) is 0 Å². The summed E-state index contributed by atoms with van der Waals surface area (Å²) in [5.74, 6) is 0.0388. The second-order valence-electron chi connectivity index (χ2n) is 1.89. The summed E-state index contributed by atoms with van der Waals surface area (Å²) in [5, 5.41) is 7.96. The third kappa shape index (κ3) is 4.15. The number of hydrogen-bond donors (Lipinski definition) is 1. The van der Waals surface area contributed by atoms with E-state index in [-0.39, 0.29) is 5.75 Å². The van der Waals surface area contributed by atoms with Gasteiger partial charge in [-0.15, -0.1) is 0 Å². The van der Waals surface area contributed by atoms with E-state index in [0.29, 0.717) is 6.42 Å². The summed E-state index contributed by atoms with van der Waals surface area (Å²) < 4.78 is 23.0. The van der Waals surface area contributed by atoms with Crippen LogP contribution in [-0.4, -0.2) is 14.2 Å². The Hall–Kier alpha value is -0.760. The van der Waals surface area contributed by atoms with E-state index < -0.39 is 10.0 Å². The maximum Gasteiger partial charge on any atom is 0.240 e. The van der Waals surface area contributed by atoms with E-state index in [2.05, 4.69) is 0 Å². The molecule has 0 atom stereocenters. The lowest BCUT2D eigenvalue weighted by atomic mass is 10.4. The number of nitrogens with one attached hydrogen (secondary N) is 1. The normalized spacial score (nSPS) is 10.4. The van der Waals surface area contributed by atoms with Gasteiger partial charge in [-0.3, -0.25) is 0 Å². The molecule has 0 rings (SSSR count). The molecule has 0 aliphatic rings. The Labute approximate surface area is 60.9 Å². The van der Waals surface area contributed by atoms with Gasteiger partial charge < -0.3 is 0 Å². The molecule has 0 radical (unpaired) electrons. The first kappa shape index (κ1) is 9.24. The molecule has 0 aromatic rings. The zero-order valence-corrected chi connectivity index (χ0v) is 6.61. The van der Waals surface area contributed by atoms with Crippen molar-refractivity contribution in [3.63, 3.8) is 0 Å². The minimum Gasteiger partial charge on any atom is -0.219 e. The molecule has 0 spiro atoms. The van der Waals surface area contributed by atoms with E-state index in [4.69, 9.17) is 5.26 Å². The molecule has 1 N–H and O–H groups in total. The van der Waals surface area contributed by atoms with Crippen LogP contribution < -0.4 is 4.72 Å². The van der Waals surface area contributed by atoms with E-state index in [9.17, 15) is 8.42 Å². The molecular weight excluding hydrogens is 152 g/mol. The van der Waals surface area contributed by atoms with Gasteiger partial charge in [-0.2, -0.15) is 5.26 Å². The first-order chi connectivity index (χ1) is 4.62. The third-order valence-corrected chi connectivity index (χ3v) is 2.20. The average Bonchev–Trinajstić information content (AvgIpc) is 1.84. The molecule has 58 valence electrons. The maximum absolute atomic E-state index is 10.7. The zero-order valence-electron chi connectivity index (χ0n) is 5.79. The minimum absolute atomic E-state index is 0.0388. The van der Waals surface area contributed by atoms with Crippen molar-refractivity contribution in [1.82, 2.24) is 4.72 Å². The first-order valence-corrected chi connectivity index (χ1v) is 4.66. The zero-order chi connectivity index (χ0) is 8.04. The molecule has 0 aliphatic heterocycles. The Morgan fingerprint density at radius 3 is 2.60 bits per heavy atom. The fourth-order valence-corrected chi connectivity index (χ4v) is 1.36. The van der Waals surface area contributed by atoms with E-state index >= 15 is 0 Å². The quantitative estimate of drug-likeness (QED) is 0.473. The molecule has 0 fully saturated rings. The molecule has 0 heterocycles. The Kier molecular flexibility index (Phi) is 3.81. The van der Waals surface area contributed by atoms with Crippen molar-refractivity contribution in [1.29, 1.82) is 5.26 Å². The van der Waals surface area contributed by atoms with Gasteiger partial charge in [-0.1, -0.05) is 13.3 Å². The Bertz CT molecular complexity index is 214. The van der Waals surface area contributed by atoms with Crippen LogP contribution in [0.25, 0.3) is 0 Å². The van der Waals surface area contributed by atoms with Crippen molar-refractivity contribution >= 4 is 10.0 Å². The van der Waals surface area contributed by atoms with E-state index in [0.717, 1.165) is 6.42 Å². The van der Waals surface area contributed by atoms with Crippen molar-refractivity contribution in [2.45, 2.75) is 19.8 Å². The largest absolute Gasteiger partial charge is 0.240 e. The van der Waals surface area contributed by atoms with Gasteiger partial charge in [0.15, 0.2) is 6.19 Å². The summed E-state index contributed by atoms with van der Waals surface area (Å²) in [6.07, 6.45) is 2.79. The van der Waals surface area contributed by atoms with E-state index in [1.54, 1.807) is 4.72 Å². The topological polar surface area (TPSA) is 70.0 Å². The molecular formula is C5H10N2O2S. The molecule has 0 bridgehead atoms. The van der Waals surface area contributed by atoms with Crippen LogP contribution in [0, 0.1) is 11.5 Å². The maximum atomic E-state index is 10.7. The number of nitrogens with zero attached hydrogens (tertiary/aromatic N) is 1. The number of rotatable bonds is 4. The van der Waals surface area contributed by atoms with Crippen LogP contribution in [0.5, 0.6) is 0 Å². The molecule has 0 aromatic heterocycles. The molecule has 0 saturated heterocycles. The van der Waals surface area contributed by atoms with Gasteiger partial charge >= 0.3 is 0 Å². The van der Waals surface area contributed by atoms with Crippen molar-refractivity contribution in [3.8, 4) is 6.19 Å². The first-order valence-electron chi connectivity index (χ1n) is 3.01. The second kappa shape index (κ2) is 4.12. The van der Waals surface area contributed by atoms with Gasteiger partial charge in [0.25, 0.3) is 0 Å². The van der Waals surface area contributed by atoms with Crippen molar-refractivity contribution in [2.24, 2.45) is 0 Å². The smallest absolute Gasteiger partial charge is 0.219 e. The van der Waals surface area contributed by atoms with Gasteiger partial charge in [0.2, 0.25) is 10.0 Å². The summed E-state index contributed by atoms with van der Waals surface area (Å²) >= 11 is 0. The summed E-state index contributed by atoms with van der Waals surface area (Å²) in [7, 11) is -3.30. The van der Waals surface area contributed by atoms with Crippen LogP contribution in [0.4, 0.5) is 0 Å². The third-order valence-electron chi connectivity index (χ3n) is 0.968. The van der Waals surface area contributed by atoms with Crippen LogP contribution in [0.1, 0.15) is 19.8 Å². The highest BCUT2D eigenvalue weighted by molar-refractivity contribution is 7.89. The van der Waals surface area contributed by atoms with Crippen molar-refractivity contribution in [2.75, 3.05) is 5.75 Å². The minimum atomic E-state index is -3.30. The van der Waals surface area contributed by atoms with E-state index in [1.165, 1.54) is 6.19 Å². The second-order valence-corrected chi connectivity index (χ2v) is 3.73. The highest BCUT2D eigenvalue weighted by atomic mass is 32.2. The molecule has 0 aliphatic carbocycles. The average molecular weight is 162 g/mol. The Morgan fingerprint density at radius 1 is 1.60 bits per heavy atom. The molecule has 4 nitrogen and oxygen atoms in total. The molecule has 5 heteroatoms. The van der Waals surface area contributed by atoms with Crippen LogP contribution in [-0.2, 0) is 10.0 Å². The summed E-state index contributed by atoms with van der Waals surface area (Å²) in [6, 6.07) is 0. The Morgan fingerprint density at radius 2 is 2.20 bits per heavy atom. The summed E-state index contributed by atoms with van der Waals surface area (Å²) in [4.78, 5) is 0. The molecule has 0 aromatic carbocycles. The number of nitriles is 1. The molecule has 0 saturated carbocycles. The highest BCUT2D eigenvalue weighted by Gasteiger charge is 2.05.